The van der Waals surface area contributed by atoms with Gasteiger partial charge < -0.3 is 33.1 Å². The van der Waals surface area contributed by atoms with Gasteiger partial charge in [-0.05, 0) is 204 Å². The second kappa shape index (κ2) is 20.2. The van der Waals surface area contributed by atoms with Crippen LogP contribution < -0.4 is 24.0 Å². The lowest BCUT2D eigenvalue weighted by atomic mass is 9.66. The number of benzene rings is 12. The highest BCUT2D eigenvalue weighted by Gasteiger charge is 2.51. The first-order valence-corrected chi connectivity index (χ1v) is 29.7. The lowest BCUT2D eigenvalue weighted by Crippen LogP contribution is -2.32. The number of para-hydroxylation sites is 2. The van der Waals surface area contributed by atoms with Crippen LogP contribution in [0.1, 0.15) is 36.1 Å². The second-order valence-corrected chi connectivity index (χ2v) is 22.5. The Morgan fingerprint density at radius 1 is 0.326 bits per heavy atom. The summed E-state index contributed by atoms with van der Waals surface area (Å²) >= 11 is 0. The molecule has 7 heteroatoms. The standard InChI is InChI=1S/C79H60N4O3/c1-5-80-73-41-25-53(51-17-9-7-10-18-51)45-65(73)67-47-57(33-43-75(67)80)82(55-27-35-61(84-3)36-28-55)59-31-39-63-64-40-32-60(50-72(64)79(71(63)49-59)69-21-13-15-23-77(69)86-78-24-16-14-22-70(78)79)83(56-29-37-62(85-4)38-30-56)58-34-44-76-68(48-58)66-46-54(52-19-11-8-12-20-52)26-42-74(66)81(76)6-2/h7-50H,5-6H2,1-4H3. The van der Waals surface area contributed by atoms with Crippen molar-refractivity contribution in [2.75, 3.05) is 24.0 Å². The summed E-state index contributed by atoms with van der Waals surface area (Å²) in [6.45, 7) is 6.17. The maximum atomic E-state index is 6.97. The van der Waals surface area contributed by atoms with Gasteiger partial charge in [-0.2, -0.15) is 0 Å². The molecule has 14 aromatic rings. The van der Waals surface area contributed by atoms with Gasteiger partial charge in [0.15, 0.2) is 0 Å². The maximum absolute atomic E-state index is 6.97. The molecule has 86 heavy (non-hydrogen) atoms. The predicted molar refractivity (Wildman–Crippen MR) is 355 cm³/mol. The summed E-state index contributed by atoms with van der Waals surface area (Å²) in [6.07, 6.45) is 0. The normalized spacial score (nSPS) is 12.7. The molecule has 7 nitrogen and oxygen atoms in total. The Hall–Kier alpha value is -10.8. The fourth-order valence-corrected chi connectivity index (χ4v) is 14.3. The molecule has 0 unspecified atom stereocenters. The maximum Gasteiger partial charge on any atom is 0.132 e. The van der Waals surface area contributed by atoms with E-state index >= 15 is 0 Å². The van der Waals surface area contributed by atoms with Crippen molar-refractivity contribution in [2.24, 2.45) is 0 Å². The van der Waals surface area contributed by atoms with Crippen LogP contribution >= 0.6 is 0 Å². The number of hydrogen-bond acceptors (Lipinski definition) is 5. The van der Waals surface area contributed by atoms with E-state index in [-0.39, 0.29) is 0 Å². The van der Waals surface area contributed by atoms with Gasteiger partial charge in [-0.25, -0.2) is 0 Å². The number of ether oxygens (including phenoxy) is 3. The first-order chi connectivity index (χ1) is 42.4. The molecule has 1 spiro atoms. The Morgan fingerprint density at radius 2 is 0.674 bits per heavy atom. The molecule has 12 aromatic carbocycles. The van der Waals surface area contributed by atoms with Crippen LogP contribution in [-0.2, 0) is 18.5 Å². The van der Waals surface area contributed by atoms with E-state index in [0.29, 0.717) is 0 Å². The van der Waals surface area contributed by atoms with E-state index in [1.54, 1.807) is 14.2 Å². The quantitative estimate of drug-likeness (QED) is 0.122. The third-order valence-corrected chi connectivity index (χ3v) is 18.1. The Bertz CT molecular complexity index is 4650. The minimum absolute atomic E-state index is 0.798. The van der Waals surface area contributed by atoms with Gasteiger partial charge in [0.25, 0.3) is 0 Å². The summed E-state index contributed by atoms with van der Waals surface area (Å²) in [6, 6.07) is 97.6. The smallest absolute Gasteiger partial charge is 0.132 e. The van der Waals surface area contributed by atoms with Crippen molar-refractivity contribution in [3.05, 3.63) is 289 Å². The van der Waals surface area contributed by atoms with Crippen LogP contribution in [-0.4, -0.2) is 23.4 Å². The summed E-state index contributed by atoms with van der Waals surface area (Å²) < 4.78 is 23.4. The molecule has 16 rings (SSSR count). The molecule has 414 valence electrons. The SMILES string of the molecule is CCn1c2ccc(-c3ccccc3)cc2c2cc(N(c3ccc(OC)cc3)c3ccc4c(c3)C3(c5ccccc5Oc5ccccc53)c3cc(N(c5ccc(OC)cc5)c5ccc6c(c5)c5cc(-c7ccccc7)ccc5n6CC)ccc3-4)ccc21. The topological polar surface area (TPSA) is 44.0 Å². The van der Waals surface area contributed by atoms with Crippen LogP contribution in [0.4, 0.5) is 34.1 Å². The Labute approximate surface area is 500 Å². The average Bonchev–Trinajstić information content (AvgIpc) is 1.49. The van der Waals surface area contributed by atoms with E-state index in [4.69, 9.17) is 14.2 Å². The van der Waals surface area contributed by atoms with E-state index in [2.05, 4.69) is 300 Å². The third kappa shape index (κ3) is 7.81. The van der Waals surface area contributed by atoms with Crippen molar-refractivity contribution in [1.29, 1.82) is 0 Å². The molecule has 0 N–H and O–H groups in total. The minimum atomic E-state index is -0.808. The number of anilines is 6. The largest absolute Gasteiger partial charge is 0.497 e. The molecular weight excluding hydrogens is 1050 g/mol. The Kier molecular flexibility index (Phi) is 12.0. The van der Waals surface area contributed by atoms with Crippen molar-refractivity contribution in [3.8, 4) is 56.4 Å². The molecule has 3 heterocycles. The van der Waals surface area contributed by atoms with Crippen molar-refractivity contribution in [1.82, 2.24) is 9.13 Å². The van der Waals surface area contributed by atoms with Gasteiger partial charge in [0, 0.05) is 102 Å². The molecule has 0 radical (unpaired) electrons. The molecule has 1 aliphatic heterocycles. The number of nitrogens with zero attached hydrogens (tertiary/aromatic N) is 4. The highest BCUT2D eigenvalue weighted by Crippen LogP contribution is 2.63. The highest BCUT2D eigenvalue weighted by molar-refractivity contribution is 6.12. The first kappa shape index (κ1) is 50.9. The van der Waals surface area contributed by atoms with Gasteiger partial charge in [0.1, 0.15) is 23.0 Å². The lowest BCUT2D eigenvalue weighted by Gasteiger charge is -2.40. The predicted octanol–water partition coefficient (Wildman–Crippen LogP) is 20.7. The van der Waals surface area contributed by atoms with Gasteiger partial charge in [-0.15, -0.1) is 0 Å². The molecule has 0 amide bonds. The third-order valence-electron chi connectivity index (χ3n) is 18.1. The van der Waals surface area contributed by atoms with Gasteiger partial charge in [-0.1, -0.05) is 121 Å². The van der Waals surface area contributed by atoms with Crippen LogP contribution in [0, 0.1) is 0 Å². The first-order valence-electron chi connectivity index (χ1n) is 29.7. The summed E-state index contributed by atoms with van der Waals surface area (Å²) in [5.74, 6) is 3.26. The Morgan fingerprint density at radius 3 is 1.08 bits per heavy atom. The zero-order valence-electron chi connectivity index (χ0n) is 48.3. The molecule has 2 aromatic heterocycles. The Balaban J connectivity index is 0.917. The fraction of sp³-hybridized carbons (Fsp3) is 0.0886. The summed E-state index contributed by atoms with van der Waals surface area (Å²) in [5.41, 5.74) is 21.9. The summed E-state index contributed by atoms with van der Waals surface area (Å²) in [5, 5.41) is 4.86. The summed E-state index contributed by atoms with van der Waals surface area (Å²) in [7, 11) is 3.45. The number of fused-ring (bicyclic) bond motifs is 15. The van der Waals surface area contributed by atoms with E-state index in [1.165, 1.54) is 88.1 Å². The number of hydrogen-bond donors (Lipinski definition) is 0. The van der Waals surface area contributed by atoms with E-state index < -0.39 is 5.41 Å². The average molecular weight is 1110 g/mol. The van der Waals surface area contributed by atoms with E-state index in [1.807, 2.05) is 0 Å². The molecule has 0 saturated carbocycles. The molecule has 0 atom stereocenters. The second-order valence-electron chi connectivity index (χ2n) is 22.5. The van der Waals surface area contributed by atoms with Crippen molar-refractivity contribution >= 4 is 77.7 Å². The molecule has 0 saturated heterocycles. The number of rotatable bonds is 12. The van der Waals surface area contributed by atoms with Crippen LogP contribution in [0.3, 0.4) is 0 Å². The zero-order valence-corrected chi connectivity index (χ0v) is 48.3. The molecule has 2 aliphatic rings. The van der Waals surface area contributed by atoms with Crippen LogP contribution in [0.5, 0.6) is 23.0 Å². The fourth-order valence-electron chi connectivity index (χ4n) is 14.3. The van der Waals surface area contributed by atoms with Crippen molar-refractivity contribution in [3.63, 3.8) is 0 Å². The highest BCUT2D eigenvalue weighted by atomic mass is 16.5. The molecular formula is C79H60N4O3. The number of methoxy groups -OCH3 is 2. The number of aromatic nitrogens is 2. The molecule has 0 fully saturated rings. The van der Waals surface area contributed by atoms with Crippen LogP contribution in [0.25, 0.3) is 77.0 Å². The van der Waals surface area contributed by atoms with Gasteiger partial charge >= 0.3 is 0 Å². The van der Waals surface area contributed by atoms with Crippen LogP contribution in [0.15, 0.2) is 267 Å². The van der Waals surface area contributed by atoms with Crippen LogP contribution in [0.2, 0.25) is 0 Å². The van der Waals surface area contributed by atoms with E-state index in [9.17, 15) is 0 Å². The lowest BCUT2D eigenvalue weighted by molar-refractivity contribution is 0.414. The van der Waals surface area contributed by atoms with Gasteiger partial charge in [-0.3, -0.25) is 0 Å². The molecule has 1 aliphatic carbocycles. The number of aryl methyl sites for hydroxylation is 2. The van der Waals surface area contributed by atoms with Gasteiger partial charge in [0.05, 0.1) is 19.6 Å². The van der Waals surface area contributed by atoms with Crippen molar-refractivity contribution < 1.29 is 14.2 Å². The van der Waals surface area contributed by atoms with E-state index in [0.717, 1.165) is 81.3 Å². The van der Waals surface area contributed by atoms with Gasteiger partial charge in [0.2, 0.25) is 0 Å². The monoisotopic (exact) mass is 1110 g/mol. The summed E-state index contributed by atoms with van der Waals surface area (Å²) in [4.78, 5) is 4.82. The van der Waals surface area contributed by atoms with Crippen molar-refractivity contribution in [2.45, 2.75) is 32.4 Å². The zero-order chi connectivity index (χ0) is 57.6. The molecule has 0 bridgehead atoms. The minimum Gasteiger partial charge on any atom is -0.497 e.